The molecule has 1 amide bonds. The van der Waals surface area contributed by atoms with E-state index in [1.807, 2.05) is 62.4 Å². The summed E-state index contributed by atoms with van der Waals surface area (Å²) < 4.78 is 2.11. The number of carbonyl (C=O) groups excluding carboxylic acids is 1. The van der Waals surface area contributed by atoms with E-state index in [0.717, 1.165) is 28.2 Å². The predicted octanol–water partition coefficient (Wildman–Crippen LogP) is 4.33. The van der Waals surface area contributed by atoms with Crippen LogP contribution in [0.15, 0.2) is 60.7 Å². The molecule has 0 saturated heterocycles. The summed E-state index contributed by atoms with van der Waals surface area (Å²) in [5, 5.41) is 3.02. The van der Waals surface area contributed by atoms with Crippen LogP contribution in [0.3, 0.4) is 0 Å². The molecular formula is C21H22N2O. The van der Waals surface area contributed by atoms with Crippen LogP contribution in [-0.2, 0) is 6.54 Å². The van der Waals surface area contributed by atoms with Gasteiger partial charge in [0.15, 0.2) is 0 Å². The summed E-state index contributed by atoms with van der Waals surface area (Å²) in [4.78, 5) is 12.6. The number of carbonyl (C=O) groups is 1. The van der Waals surface area contributed by atoms with E-state index in [1.54, 1.807) is 0 Å². The minimum atomic E-state index is -0.0362. The average molecular weight is 318 g/mol. The number of para-hydroxylation sites is 1. The third kappa shape index (κ3) is 3.25. The molecule has 3 aromatic rings. The molecule has 0 radical (unpaired) electrons. The number of amides is 1. The summed E-state index contributed by atoms with van der Waals surface area (Å²) in [5.41, 5.74) is 6.13. The third-order valence-corrected chi connectivity index (χ3v) is 4.26. The van der Waals surface area contributed by atoms with Crippen LogP contribution in [0.25, 0.3) is 5.69 Å². The van der Waals surface area contributed by atoms with E-state index in [4.69, 9.17) is 0 Å². The first kappa shape index (κ1) is 16.1. The minimum absolute atomic E-state index is 0.0362. The van der Waals surface area contributed by atoms with E-state index < -0.39 is 0 Å². The van der Waals surface area contributed by atoms with Crippen LogP contribution in [0.2, 0.25) is 0 Å². The fourth-order valence-electron chi connectivity index (χ4n) is 2.95. The summed E-state index contributed by atoms with van der Waals surface area (Å²) in [5.74, 6) is -0.0362. The van der Waals surface area contributed by atoms with Gasteiger partial charge in [-0.3, -0.25) is 4.79 Å². The normalized spacial score (nSPS) is 10.6. The summed E-state index contributed by atoms with van der Waals surface area (Å²) in [6, 6.07) is 20.3. The van der Waals surface area contributed by atoms with Crippen LogP contribution >= 0.6 is 0 Å². The lowest BCUT2D eigenvalue weighted by atomic mass is 10.1. The van der Waals surface area contributed by atoms with Crippen molar-refractivity contribution in [2.24, 2.45) is 0 Å². The average Bonchev–Trinajstić information content (AvgIpc) is 2.89. The molecule has 2 aromatic carbocycles. The highest BCUT2D eigenvalue weighted by molar-refractivity contribution is 5.95. The number of hydrogen-bond acceptors (Lipinski definition) is 1. The van der Waals surface area contributed by atoms with Gasteiger partial charge < -0.3 is 9.88 Å². The number of nitrogens with one attached hydrogen (secondary N) is 1. The van der Waals surface area contributed by atoms with E-state index in [1.165, 1.54) is 5.56 Å². The molecule has 3 rings (SSSR count). The Labute approximate surface area is 143 Å². The van der Waals surface area contributed by atoms with Crippen molar-refractivity contribution in [1.29, 1.82) is 0 Å². The van der Waals surface area contributed by atoms with Crippen molar-refractivity contribution >= 4 is 5.91 Å². The quantitative estimate of drug-likeness (QED) is 0.763. The fraction of sp³-hybridized carbons (Fsp3) is 0.190. The molecule has 1 N–H and O–H groups in total. The maximum atomic E-state index is 12.6. The number of aryl methyl sites for hydroxylation is 2. The highest BCUT2D eigenvalue weighted by atomic mass is 16.1. The Bertz CT molecular complexity index is 846. The number of nitrogens with zero attached hydrogens (tertiary/aromatic N) is 1. The van der Waals surface area contributed by atoms with Crippen LogP contribution < -0.4 is 5.32 Å². The molecule has 0 atom stereocenters. The van der Waals surface area contributed by atoms with Crippen molar-refractivity contribution < 1.29 is 4.79 Å². The lowest BCUT2D eigenvalue weighted by Gasteiger charge is -2.10. The molecule has 0 saturated carbocycles. The van der Waals surface area contributed by atoms with Gasteiger partial charge in [0.1, 0.15) is 0 Å². The molecule has 24 heavy (non-hydrogen) atoms. The van der Waals surface area contributed by atoms with Gasteiger partial charge in [0.05, 0.1) is 5.56 Å². The van der Waals surface area contributed by atoms with Gasteiger partial charge >= 0.3 is 0 Å². The zero-order valence-electron chi connectivity index (χ0n) is 14.3. The summed E-state index contributed by atoms with van der Waals surface area (Å²) in [6.07, 6.45) is 0. The summed E-state index contributed by atoms with van der Waals surface area (Å²) >= 11 is 0. The zero-order chi connectivity index (χ0) is 17.1. The molecule has 0 spiro atoms. The molecule has 0 bridgehead atoms. The van der Waals surface area contributed by atoms with E-state index in [9.17, 15) is 4.79 Å². The first-order valence-electron chi connectivity index (χ1n) is 8.14. The molecule has 0 aliphatic carbocycles. The van der Waals surface area contributed by atoms with Crippen LogP contribution in [0, 0.1) is 20.8 Å². The summed E-state index contributed by atoms with van der Waals surface area (Å²) in [7, 11) is 0. The third-order valence-electron chi connectivity index (χ3n) is 4.26. The maximum absolute atomic E-state index is 12.6. The maximum Gasteiger partial charge on any atom is 0.253 e. The van der Waals surface area contributed by atoms with Crippen LogP contribution in [0.4, 0.5) is 0 Å². The van der Waals surface area contributed by atoms with Gasteiger partial charge in [-0.15, -0.1) is 0 Å². The molecule has 1 aromatic heterocycles. The highest BCUT2D eigenvalue weighted by Gasteiger charge is 2.16. The van der Waals surface area contributed by atoms with E-state index in [2.05, 4.69) is 28.9 Å². The van der Waals surface area contributed by atoms with Crippen molar-refractivity contribution in [1.82, 2.24) is 9.88 Å². The molecule has 0 unspecified atom stereocenters. The van der Waals surface area contributed by atoms with Crippen LogP contribution in [0.1, 0.15) is 32.9 Å². The predicted molar refractivity (Wildman–Crippen MR) is 97.6 cm³/mol. The van der Waals surface area contributed by atoms with Gasteiger partial charge in [-0.1, -0.05) is 48.0 Å². The highest BCUT2D eigenvalue weighted by Crippen LogP contribution is 2.20. The summed E-state index contributed by atoms with van der Waals surface area (Å²) in [6.45, 7) is 6.60. The molecule has 122 valence electrons. The monoisotopic (exact) mass is 318 g/mol. The zero-order valence-corrected chi connectivity index (χ0v) is 14.3. The van der Waals surface area contributed by atoms with E-state index in [-0.39, 0.29) is 5.91 Å². The topological polar surface area (TPSA) is 34.0 Å². The van der Waals surface area contributed by atoms with E-state index in [0.29, 0.717) is 6.54 Å². The fourth-order valence-corrected chi connectivity index (χ4v) is 2.95. The standard InChI is InChI=1S/C21H22N2O/c1-15-9-11-18(12-10-15)14-22-21(24)20-13-16(2)23(17(20)3)19-7-5-4-6-8-19/h4-13H,14H2,1-3H3,(H,22,24). The SMILES string of the molecule is Cc1ccc(CNC(=O)c2cc(C)n(-c3ccccc3)c2C)cc1. The Hall–Kier alpha value is -2.81. The Balaban J connectivity index is 1.79. The molecule has 3 heteroatoms. The lowest BCUT2D eigenvalue weighted by Crippen LogP contribution is -2.23. The first-order valence-corrected chi connectivity index (χ1v) is 8.14. The molecule has 3 nitrogen and oxygen atoms in total. The second-order valence-electron chi connectivity index (χ2n) is 6.12. The second-order valence-corrected chi connectivity index (χ2v) is 6.12. The van der Waals surface area contributed by atoms with Gasteiger partial charge in [0.25, 0.3) is 5.91 Å². The van der Waals surface area contributed by atoms with Crippen molar-refractivity contribution in [2.75, 3.05) is 0 Å². The van der Waals surface area contributed by atoms with Crippen LogP contribution in [0.5, 0.6) is 0 Å². The molecular weight excluding hydrogens is 296 g/mol. The van der Waals surface area contributed by atoms with E-state index >= 15 is 0 Å². The minimum Gasteiger partial charge on any atom is -0.348 e. The second kappa shape index (κ2) is 6.75. The first-order chi connectivity index (χ1) is 11.6. The van der Waals surface area contributed by atoms with Crippen molar-refractivity contribution in [2.45, 2.75) is 27.3 Å². The van der Waals surface area contributed by atoms with Gasteiger partial charge in [-0.2, -0.15) is 0 Å². The molecule has 0 aliphatic rings. The Kier molecular flexibility index (Phi) is 4.52. The Morgan fingerprint density at radius 1 is 0.958 bits per heavy atom. The van der Waals surface area contributed by atoms with Gasteiger partial charge in [0.2, 0.25) is 0 Å². The molecule has 0 aliphatic heterocycles. The van der Waals surface area contributed by atoms with Gasteiger partial charge in [0, 0.05) is 23.6 Å². The van der Waals surface area contributed by atoms with Gasteiger partial charge in [-0.25, -0.2) is 0 Å². The molecule has 0 fully saturated rings. The smallest absolute Gasteiger partial charge is 0.253 e. The van der Waals surface area contributed by atoms with Crippen molar-refractivity contribution in [3.8, 4) is 5.69 Å². The van der Waals surface area contributed by atoms with Gasteiger partial charge in [-0.05, 0) is 44.5 Å². The Morgan fingerprint density at radius 2 is 1.62 bits per heavy atom. The molecule has 1 heterocycles. The lowest BCUT2D eigenvalue weighted by molar-refractivity contribution is 0.0950. The van der Waals surface area contributed by atoms with Crippen LogP contribution in [-0.4, -0.2) is 10.5 Å². The van der Waals surface area contributed by atoms with Crippen molar-refractivity contribution in [3.05, 3.63) is 88.7 Å². The number of rotatable bonds is 4. The number of benzene rings is 2. The van der Waals surface area contributed by atoms with Crippen molar-refractivity contribution in [3.63, 3.8) is 0 Å². The number of aromatic nitrogens is 1. The Morgan fingerprint density at radius 3 is 2.29 bits per heavy atom. The number of hydrogen-bond donors (Lipinski definition) is 1. The largest absolute Gasteiger partial charge is 0.348 e.